The van der Waals surface area contributed by atoms with Gasteiger partial charge in [-0.2, -0.15) is 0 Å². The molecular formula is C12H15NO2. The van der Waals surface area contributed by atoms with Crippen LogP contribution in [0.2, 0.25) is 0 Å². The Kier molecular flexibility index (Phi) is 1.94. The Morgan fingerprint density at radius 1 is 1.13 bits per heavy atom. The van der Waals surface area contributed by atoms with Crippen molar-refractivity contribution in [3.8, 4) is 0 Å². The highest BCUT2D eigenvalue weighted by atomic mass is 16.2. The van der Waals surface area contributed by atoms with E-state index in [4.69, 9.17) is 0 Å². The summed E-state index contributed by atoms with van der Waals surface area (Å²) in [4.78, 5) is 24.2. The highest BCUT2D eigenvalue weighted by Crippen LogP contribution is 2.48. The van der Waals surface area contributed by atoms with Crippen molar-refractivity contribution in [3.05, 3.63) is 12.2 Å². The molecule has 0 aromatic rings. The van der Waals surface area contributed by atoms with Crippen LogP contribution in [0.1, 0.15) is 25.7 Å². The Morgan fingerprint density at radius 3 is 2.40 bits per heavy atom. The van der Waals surface area contributed by atoms with Gasteiger partial charge in [-0.1, -0.05) is 6.42 Å². The highest BCUT2D eigenvalue weighted by Gasteiger charge is 2.41. The summed E-state index contributed by atoms with van der Waals surface area (Å²) in [7, 11) is 0. The molecule has 2 aliphatic carbocycles. The second-order valence-corrected chi connectivity index (χ2v) is 5.06. The fourth-order valence-electron chi connectivity index (χ4n) is 3.45. The first-order chi connectivity index (χ1) is 7.24. The van der Waals surface area contributed by atoms with Crippen LogP contribution in [0, 0.1) is 17.8 Å². The van der Waals surface area contributed by atoms with Crippen LogP contribution in [0.3, 0.4) is 0 Å². The van der Waals surface area contributed by atoms with E-state index in [0.717, 1.165) is 11.8 Å². The number of hydrogen-bond acceptors (Lipinski definition) is 2. The Bertz CT molecular complexity index is 330. The molecule has 0 spiro atoms. The number of nitrogens with zero attached hydrogens (tertiary/aromatic N) is 1. The molecule has 0 N–H and O–H groups in total. The minimum atomic E-state index is -0.122. The maximum Gasteiger partial charge on any atom is 0.253 e. The average Bonchev–Trinajstić information content (AvgIpc) is 2.89. The molecule has 2 amide bonds. The van der Waals surface area contributed by atoms with Crippen molar-refractivity contribution in [1.29, 1.82) is 0 Å². The summed E-state index contributed by atoms with van der Waals surface area (Å²) in [5.41, 5.74) is 0. The maximum absolute atomic E-state index is 11.4. The lowest BCUT2D eigenvalue weighted by Crippen LogP contribution is -2.36. The normalized spacial score (nSPS) is 38.4. The van der Waals surface area contributed by atoms with Gasteiger partial charge in [-0.25, -0.2) is 0 Å². The van der Waals surface area contributed by atoms with E-state index in [9.17, 15) is 9.59 Å². The molecule has 3 atom stereocenters. The molecule has 1 heterocycles. The van der Waals surface area contributed by atoms with Crippen LogP contribution in [-0.2, 0) is 9.59 Å². The Balaban J connectivity index is 1.66. The number of carbonyl (C=O) groups is 2. The average molecular weight is 205 g/mol. The van der Waals surface area contributed by atoms with Gasteiger partial charge in [-0.3, -0.25) is 14.5 Å². The van der Waals surface area contributed by atoms with Gasteiger partial charge >= 0.3 is 0 Å². The molecule has 3 aliphatic rings. The van der Waals surface area contributed by atoms with Crippen molar-refractivity contribution < 1.29 is 9.59 Å². The van der Waals surface area contributed by atoms with Crippen LogP contribution in [-0.4, -0.2) is 23.3 Å². The lowest BCUT2D eigenvalue weighted by Gasteiger charge is -2.25. The van der Waals surface area contributed by atoms with Gasteiger partial charge < -0.3 is 0 Å². The van der Waals surface area contributed by atoms with Gasteiger partial charge in [0.15, 0.2) is 0 Å². The third-order valence-electron chi connectivity index (χ3n) is 4.20. The van der Waals surface area contributed by atoms with Crippen molar-refractivity contribution in [2.24, 2.45) is 17.8 Å². The molecule has 2 saturated carbocycles. The van der Waals surface area contributed by atoms with Crippen molar-refractivity contribution in [2.75, 3.05) is 6.54 Å². The van der Waals surface area contributed by atoms with Gasteiger partial charge in [0.1, 0.15) is 0 Å². The number of amides is 2. The molecule has 3 heteroatoms. The molecule has 15 heavy (non-hydrogen) atoms. The minimum absolute atomic E-state index is 0.122. The topological polar surface area (TPSA) is 37.4 Å². The molecule has 3 rings (SSSR count). The summed E-state index contributed by atoms with van der Waals surface area (Å²) in [5, 5.41) is 0. The zero-order valence-corrected chi connectivity index (χ0v) is 8.69. The molecule has 3 nitrogen and oxygen atoms in total. The first-order valence-electron chi connectivity index (χ1n) is 5.77. The largest absolute Gasteiger partial charge is 0.275 e. The molecule has 1 aliphatic heterocycles. The van der Waals surface area contributed by atoms with Crippen LogP contribution < -0.4 is 0 Å². The van der Waals surface area contributed by atoms with Crippen LogP contribution in [0.15, 0.2) is 12.2 Å². The van der Waals surface area contributed by atoms with Crippen LogP contribution in [0.25, 0.3) is 0 Å². The van der Waals surface area contributed by atoms with Gasteiger partial charge in [0, 0.05) is 18.7 Å². The van der Waals surface area contributed by atoms with E-state index in [0.29, 0.717) is 12.5 Å². The molecule has 0 radical (unpaired) electrons. The minimum Gasteiger partial charge on any atom is -0.275 e. The SMILES string of the molecule is O=C1C=CC(=O)N1C[C@H]1C[C@@H]2CC[C@H]1C2. The summed E-state index contributed by atoms with van der Waals surface area (Å²) < 4.78 is 0. The summed E-state index contributed by atoms with van der Waals surface area (Å²) in [6.45, 7) is 0.659. The lowest BCUT2D eigenvalue weighted by atomic mass is 9.88. The summed E-state index contributed by atoms with van der Waals surface area (Å²) in [6.07, 6.45) is 7.99. The van der Waals surface area contributed by atoms with Gasteiger partial charge in [0.2, 0.25) is 0 Å². The Morgan fingerprint density at radius 2 is 1.87 bits per heavy atom. The smallest absolute Gasteiger partial charge is 0.253 e. The monoisotopic (exact) mass is 205 g/mol. The van der Waals surface area contributed by atoms with E-state index in [1.807, 2.05) is 0 Å². The molecular weight excluding hydrogens is 190 g/mol. The van der Waals surface area contributed by atoms with E-state index in [1.54, 1.807) is 0 Å². The zero-order chi connectivity index (χ0) is 10.4. The summed E-state index contributed by atoms with van der Waals surface area (Å²) in [5.74, 6) is 1.99. The molecule has 0 unspecified atom stereocenters. The van der Waals surface area contributed by atoms with E-state index >= 15 is 0 Å². The summed E-state index contributed by atoms with van der Waals surface area (Å²) in [6, 6.07) is 0. The zero-order valence-electron chi connectivity index (χ0n) is 8.69. The van der Waals surface area contributed by atoms with Crippen LogP contribution >= 0.6 is 0 Å². The fraction of sp³-hybridized carbons (Fsp3) is 0.667. The second kappa shape index (κ2) is 3.19. The van der Waals surface area contributed by atoms with E-state index < -0.39 is 0 Å². The van der Waals surface area contributed by atoms with E-state index in [2.05, 4.69) is 0 Å². The van der Waals surface area contributed by atoms with Gasteiger partial charge in [-0.05, 0) is 37.0 Å². The lowest BCUT2D eigenvalue weighted by molar-refractivity contribution is -0.137. The molecule has 80 valence electrons. The number of imide groups is 1. The number of carbonyl (C=O) groups excluding carboxylic acids is 2. The van der Waals surface area contributed by atoms with Gasteiger partial charge in [0.05, 0.1) is 0 Å². The number of fused-ring (bicyclic) bond motifs is 2. The molecule has 2 bridgehead atoms. The van der Waals surface area contributed by atoms with Gasteiger partial charge in [0.25, 0.3) is 11.8 Å². The second-order valence-electron chi connectivity index (χ2n) is 5.06. The Labute approximate surface area is 89.1 Å². The molecule has 2 fully saturated rings. The first-order valence-corrected chi connectivity index (χ1v) is 5.77. The highest BCUT2D eigenvalue weighted by molar-refractivity contribution is 6.12. The Hall–Kier alpha value is -1.12. The third kappa shape index (κ3) is 1.41. The molecule has 0 aromatic heterocycles. The number of rotatable bonds is 2. The summed E-state index contributed by atoms with van der Waals surface area (Å²) >= 11 is 0. The van der Waals surface area contributed by atoms with Crippen LogP contribution in [0.5, 0.6) is 0 Å². The quantitative estimate of drug-likeness (QED) is 0.638. The first kappa shape index (κ1) is 9.13. The predicted octanol–water partition coefficient (Wildman–Crippen LogP) is 1.35. The molecule has 0 saturated heterocycles. The molecule has 0 aromatic carbocycles. The van der Waals surface area contributed by atoms with Crippen molar-refractivity contribution >= 4 is 11.8 Å². The van der Waals surface area contributed by atoms with Crippen molar-refractivity contribution in [3.63, 3.8) is 0 Å². The van der Waals surface area contributed by atoms with E-state index in [-0.39, 0.29) is 11.8 Å². The van der Waals surface area contributed by atoms with Crippen molar-refractivity contribution in [2.45, 2.75) is 25.7 Å². The van der Waals surface area contributed by atoms with E-state index in [1.165, 1.54) is 42.7 Å². The number of hydrogen-bond donors (Lipinski definition) is 0. The standard InChI is InChI=1S/C12H15NO2/c14-11-3-4-12(15)13(11)7-10-6-8-1-2-9(10)5-8/h3-4,8-10H,1-2,5-7H2/t8-,9+,10-/m1/s1. The van der Waals surface area contributed by atoms with Crippen LogP contribution in [0.4, 0.5) is 0 Å². The fourth-order valence-corrected chi connectivity index (χ4v) is 3.45. The predicted molar refractivity (Wildman–Crippen MR) is 54.8 cm³/mol. The third-order valence-corrected chi connectivity index (χ3v) is 4.20. The van der Waals surface area contributed by atoms with Gasteiger partial charge in [-0.15, -0.1) is 0 Å². The van der Waals surface area contributed by atoms with Crippen molar-refractivity contribution in [1.82, 2.24) is 4.90 Å². The maximum atomic E-state index is 11.4.